The summed E-state index contributed by atoms with van der Waals surface area (Å²) in [5.41, 5.74) is 1.74. The number of fused-ring (bicyclic) bond motifs is 1. The average Bonchev–Trinajstić information content (AvgIpc) is 3.05. The van der Waals surface area contributed by atoms with Gasteiger partial charge in [0.1, 0.15) is 10.8 Å². The van der Waals surface area contributed by atoms with E-state index in [4.69, 9.17) is 0 Å². The first-order valence-corrected chi connectivity index (χ1v) is 8.82. The fourth-order valence-corrected chi connectivity index (χ4v) is 3.92. The van der Waals surface area contributed by atoms with Crippen LogP contribution < -0.4 is 4.90 Å². The Balaban J connectivity index is 1.54. The molecule has 0 aliphatic carbocycles. The van der Waals surface area contributed by atoms with Crippen LogP contribution in [-0.2, 0) is 0 Å². The Hall–Kier alpha value is -2.25. The van der Waals surface area contributed by atoms with E-state index >= 15 is 0 Å². The molecule has 1 fully saturated rings. The van der Waals surface area contributed by atoms with Crippen LogP contribution in [0.25, 0.3) is 20.8 Å². The van der Waals surface area contributed by atoms with Crippen LogP contribution >= 0.6 is 11.3 Å². The van der Waals surface area contributed by atoms with E-state index in [0.717, 1.165) is 52.7 Å². The largest absolute Gasteiger partial charge is 0.508 e. The van der Waals surface area contributed by atoms with Gasteiger partial charge in [0, 0.05) is 37.7 Å². The highest BCUT2D eigenvalue weighted by molar-refractivity contribution is 7.21. The van der Waals surface area contributed by atoms with Crippen molar-refractivity contribution in [3.05, 3.63) is 30.6 Å². The molecule has 6 nitrogen and oxygen atoms in total. The molecule has 1 aliphatic rings. The van der Waals surface area contributed by atoms with Crippen molar-refractivity contribution >= 4 is 27.5 Å². The van der Waals surface area contributed by atoms with E-state index < -0.39 is 0 Å². The van der Waals surface area contributed by atoms with E-state index in [1.165, 1.54) is 11.3 Å². The molecular weight excluding hydrogens is 324 g/mol. The number of piperidine rings is 1. The second kappa shape index (κ2) is 6.33. The van der Waals surface area contributed by atoms with Crippen LogP contribution in [0.3, 0.4) is 0 Å². The summed E-state index contributed by atoms with van der Waals surface area (Å²) < 4.78 is 0.945. The third kappa shape index (κ3) is 2.92. The number of hydrogen-bond acceptors (Lipinski definition) is 7. The number of rotatable bonds is 3. The van der Waals surface area contributed by atoms with E-state index in [1.54, 1.807) is 24.5 Å². The summed E-state index contributed by atoms with van der Waals surface area (Å²) >= 11 is 1.52. The Morgan fingerprint density at radius 3 is 2.62 bits per heavy atom. The summed E-state index contributed by atoms with van der Waals surface area (Å²) in [6, 6.07) is 5.17. The Morgan fingerprint density at radius 2 is 1.92 bits per heavy atom. The fourth-order valence-electron chi connectivity index (χ4n) is 2.95. The van der Waals surface area contributed by atoms with Crippen molar-refractivity contribution in [3.8, 4) is 16.3 Å². The first kappa shape index (κ1) is 15.3. The average molecular weight is 342 g/mol. The van der Waals surface area contributed by atoms with Gasteiger partial charge in [-0.3, -0.25) is 0 Å². The number of aromatic hydroxyl groups is 1. The molecule has 24 heavy (non-hydrogen) atoms. The van der Waals surface area contributed by atoms with Crippen molar-refractivity contribution in [1.82, 2.24) is 15.0 Å². The van der Waals surface area contributed by atoms with Crippen LogP contribution in [0.1, 0.15) is 12.8 Å². The van der Waals surface area contributed by atoms with Crippen molar-refractivity contribution in [2.75, 3.05) is 24.6 Å². The monoisotopic (exact) mass is 342 g/mol. The van der Waals surface area contributed by atoms with Crippen molar-refractivity contribution < 1.29 is 10.2 Å². The van der Waals surface area contributed by atoms with E-state index in [1.807, 2.05) is 6.07 Å². The van der Waals surface area contributed by atoms with E-state index in [9.17, 15) is 10.2 Å². The lowest BCUT2D eigenvalue weighted by Crippen LogP contribution is -2.35. The number of anilines is 1. The van der Waals surface area contributed by atoms with E-state index in [2.05, 4.69) is 19.9 Å². The Labute approximate surface area is 143 Å². The summed E-state index contributed by atoms with van der Waals surface area (Å²) in [7, 11) is 0. The van der Waals surface area contributed by atoms with Gasteiger partial charge in [-0.2, -0.15) is 0 Å². The lowest BCUT2D eigenvalue weighted by atomic mass is 9.98. The van der Waals surface area contributed by atoms with Gasteiger partial charge >= 0.3 is 0 Å². The Kier molecular flexibility index (Phi) is 4.03. The molecule has 1 saturated heterocycles. The minimum atomic E-state index is 0.246. The van der Waals surface area contributed by atoms with Gasteiger partial charge in [0.05, 0.1) is 10.2 Å². The van der Waals surface area contributed by atoms with Crippen LogP contribution in [0.15, 0.2) is 30.6 Å². The van der Waals surface area contributed by atoms with Gasteiger partial charge in [0.25, 0.3) is 0 Å². The topological polar surface area (TPSA) is 82.4 Å². The maximum Gasteiger partial charge on any atom is 0.225 e. The predicted molar refractivity (Wildman–Crippen MR) is 94.3 cm³/mol. The molecule has 0 amide bonds. The first-order chi connectivity index (χ1) is 11.7. The number of thiazole rings is 1. The Bertz CT molecular complexity index is 841. The van der Waals surface area contributed by atoms with Crippen molar-refractivity contribution in [2.24, 2.45) is 5.92 Å². The minimum absolute atomic E-state index is 0.246. The number of hydrogen-bond donors (Lipinski definition) is 2. The zero-order chi connectivity index (χ0) is 16.5. The van der Waals surface area contributed by atoms with Crippen LogP contribution in [0.4, 0.5) is 5.95 Å². The summed E-state index contributed by atoms with van der Waals surface area (Å²) in [6.07, 6.45) is 5.56. The molecule has 4 rings (SSSR count). The third-order valence-corrected chi connectivity index (χ3v) is 5.48. The minimum Gasteiger partial charge on any atom is -0.508 e. The van der Waals surface area contributed by atoms with Gasteiger partial charge < -0.3 is 15.1 Å². The SMILES string of the molecule is OCC1CCN(c2ncc(-c3nc4ccc(O)cc4s3)cn2)CC1. The van der Waals surface area contributed by atoms with Gasteiger partial charge in [-0.15, -0.1) is 11.3 Å². The molecule has 2 N–H and O–H groups in total. The molecule has 0 atom stereocenters. The van der Waals surface area contributed by atoms with Gasteiger partial charge in [-0.25, -0.2) is 15.0 Å². The zero-order valence-corrected chi connectivity index (χ0v) is 13.9. The summed E-state index contributed by atoms with van der Waals surface area (Å²) in [5, 5.41) is 19.6. The normalized spacial score (nSPS) is 16.0. The van der Waals surface area contributed by atoms with Gasteiger partial charge in [0.15, 0.2) is 0 Å². The molecule has 0 spiro atoms. The number of nitrogens with zero attached hydrogens (tertiary/aromatic N) is 4. The standard InChI is InChI=1S/C17H18N4O2S/c22-10-11-3-5-21(6-4-11)17-18-8-12(9-19-17)16-20-14-2-1-13(23)7-15(14)24-16/h1-2,7-9,11,22-23H,3-6,10H2. The molecule has 124 valence electrons. The molecule has 2 aromatic heterocycles. The molecule has 7 heteroatoms. The molecule has 0 unspecified atom stereocenters. The van der Waals surface area contributed by atoms with Crippen LogP contribution in [-0.4, -0.2) is 44.9 Å². The molecule has 0 radical (unpaired) electrons. The number of aliphatic hydroxyl groups excluding tert-OH is 1. The van der Waals surface area contributed by atoms with Crippen LogP contribution in [0.2, 0.25) is 0 Å². The Morgan fingerprint density at radius 1 is 1.17 bits per heavy atom. The maximum absolute atomic E-state index is 9.56. The highest BCUT2D eigenvalue weighted by Crippen LogP contribution is 2.32. The van der Waals surface area contributed by atoms with Crippen LogP contribution in [0.5, 0.6) is 5.75 Å². The molecule has 3 aromatic rings. The lowest BCUT2D eigenvalue weighted by Gasteiger charge is -2.30. The fraction of sp³-hybridized carbons (Fsp3) is 0.353. The van der Waals surface area contributed by atoms with Gasteiger partial charge in [0.2, 0.25) is 5.95 Å². The summed E-state index contributed by atoms with van der Waals surface area (Å²) in [6.45, 7) is 2.02. The predicted octanol–water partition coefficient (Wildman–Crippen LogP) is 2.67. The summed E-state index contributed by atoms with van der Waals surface area (Å²) in [4.78, 5) is 15.7. The number of aromatic nitrogens is 3. The number of aliphatic hydroxyl groups is 1. The molecule has 0 bridgehead atoms. The molecule has 1 aliphatic heterocycles. The van der Waals surface area contributed by atoms with Crippen molar-refractivity contribution in [2.45, 2.75) is 12.8 Å². The maximum atomic E-state index is 9.56. The second-order valence-electron chi connectivity index (χ2n) is 6.06. The third-order valence-electron chi connectivity index (χ3n) is 4.41. The number of benzene rings is 1. The molecule has 3 heterocycles. The number of phenols is 1. The van der Waals surface area contributed by atoms with Gasteiger partial charge in [-0.1, -0.05) is 0 Å². The van der Waals surface area contributed by atoms with Gasteiger partial charge in [-0.05, 0) is 37.0 Å². The molecule has 1 aromatic carbocycles. The second-order valence-corrected chi connectivity index (χ2v) is 7.09. The van der Waals surface area contributed by atoms with Crippen molar-refractivity contribution in [3.63, 3.8) is 0 Å². The first-order valence-electron chi connectivity index (χ1n) is 8.01. The zero-order valence-electron chi connectivity index (χ0n) is 13.1. The lowest BCUT2D eigenvalue weighted by molar-refractivity contribution is 0.202. The highest BCUT2D eigenvalue weighted by atomic mass is 32.1. The summed E-state index contributed by atoms with van der Waals surface area (Å²) in [5.74, 6) is 1.38. The van der Waals surface area contributed by atoms with E-state index in [-0.39, 0.29) is 12.4 Å². The smallest absolute Gasteiger partial charge is 0.225 e. The highest BCUT2D eigenvalue weighted by Gasteiger charge is 2.20. The number of phenolic OH excluding ortho intramolecular Hbond substituents is 1. The van der Waals surface area contributed by atoms with Crippen molar-refractivity contribution in [1.29, 1.82) is 0 Å². The van der Waals surface area contributed by atoms with Crippen LogP contribution in [0, 0.1) is 5.92 Å². The van der Waals surface area contributed by atoms with E-state index in [0.29, 0.717) is 5.92 Å². The quantitative estimate of drug-likeness (QED) is 0.761. The molecule has 0 saturated carbocycles. The molecular formula is C17H18N4O2S.